The van der Waals surface area contributed by atoms with Crippen molar-refractivity contribution in [1.29, 1.82) is 0 Å². The second-order valence-electron chi connectivity index (χ2n) is 5.93. The van der Waals surface area contributed by atoms with Crippen LogP contribution in [0, 0.1) is 0 Å². The monoisotopic (exact) mass is 282 g/mol. The molecule has 0 amide bonds. The van der Waals surface area contributed by atoms with Gasteiger partial charge < -0.3 is 4.74 Å². The van der Waals surface area contributed by atoms with Crippen molar-refractivity contribution in [3.63, 3.8) is 0 Å². The fraction of sp³-hybridized carbons (Fsp3) is 0.316. The van der Waals surface area contributed by atoms with Crippen LogP contribution in [0.25, 0.3) is 0 Å². The summed E-state index contributed by atoms with van der Waals surface area (Å²) in [5, 5.41) is 0. The minimum Gasteiger partial charge on any atom is -0.497 e. The number of carbonyl (C=O) groups excluding carboxylic acids is 1. The van der Waals surface area contributed by atoms with Gasteiger partial charge in [-0.25, -0.2) is 0 Å². The first-order chi connectivity index (χ1) is 9.93. The maximum atomic E-state index is 11.2. The Balaban J connectivity index is 2.27. The lowest BCUT2D eigenvalue weighted by Crippen LogP contribution is -2.18. The van der Waals surface area contributed by atoms with E-state index in [1.54, 1.807) is 14.0 Å². The third-order valence-electron chi connectivity index (χ3n) is 3.94. The second-order valence-corrected chi connectivity index (χ2v) is 5.93. The van der Waals surface area contributed by atoms with Crippen molar-refractivity contribution < 1.29 is 9.53 Å². The Labute approximate surface area is 126 Å². The van der Waals surface area contributed by atoms with Crippen LogP contribution in [0.4, 0.5) is 0 Å². The van der Waals surface area contributed by atoms with E-state index in [2.05, 4.69) is 38.1 Å². The quantitative estimate of drug-likeness (QED) is 0.823. The van der Waals surface area contributed by atoms with Crippen molar-refractivity contribution in [2.24, 2.45) is 0 Å². The molecule has 0 aliphatic rings. The number of hydrogen-bond donors (Lipinski definition) is 0. The molecule has 0 spiro atoms. The number of ketones is 1. The third kappa shape index (κ3) is 3.52. The van der Waals surface area contributed by atoms with Crippen LogP contribution in [0.3, 0.4) is 0 Å². The van der Waals surface area contributed by atoms with E-state index in [0.717, 1.165) is 11.3 Å². The van der Waals surface area contributed by atoms with Gasteiger partial charge in [-0.05, 0) is 35.7 Å². The number of rotatable bonds is 5. The number of carbonyl (C=O) groups is 1. The molecular weight excluding hydrogens is 260 g/mol. The van der Waals surface area contributed by atoms with Crippen LogP contribution in [-0.2, 0) is 16.6 Å². The molecule has 0 aliphatic heterocycles. The van der Waals surface area contributed by atoms with Gasteiger partial charge in [0.15, 0.2) is 0 Å². The summed E-state index contributed by atoms with van der Waals surface area (Å²) in [7, 11) is 1.67. The summed E-state index contributed by atoms with van der Waals surface area (Å²) >= 11 is 0. The fourth-order valence-electron chi connectivity index (χ4n) is 2.50. The van der Waals surface area contributed by atoms with Crippen molar-refractivity contribution >= 4 is 5.78 Å². The molecule has 21 heavy (non-hydrogen) atoms. The van der Waals surface area contributed by atoms with Gasteiger partial charge >= 0.3 is 0 Å². The van der Waals surface area contributed by atoms with E-state index in [1.807, 2.05) is 24.3 Å². The normalized spacial score (nSPS) is 11.2. The molecule has 0 radical (unpaired) electrons. The van der Waals surface area contributed by atoms with E-state index >= 15 is 0 Å². The lowest BCUT2D eigenvalue weighted by Gasteiger charge is -2.26. The fourth-order valence-corrected chi connectivity index (χ4v) is 2.50. The molecule has 2 heteroatoms. The zero-order valence-electron chi connectivity index (χ0n) is 13.1. The first-order valence-corrected chi connectivity index (χ1v) is 7.17. The summed E-state index contributed by atoms with van der Waals surface area (Å²) in [5.74, 6) is 1.06. The maximum absolute atomic E-state index is 11.2. The molecule has 0 fully saturated rings. The molecule has 0 N–H and O–H groups in total. The molecule has 0 aromatic heterocycles. The molecule has 0 heterocycles. The molecule has 0 saturated carbocycles. The van der Waals surface area contributed by atoms with Crippen LogP contribution < -0.4 is 4.74 Å². The molecule has 0 saturated heterocycles. The van der Waals surface area contributed by atoms with Crippen LogP contribution in [0.15, 0.2) is 48.5 Å². The van der Waals surface area contributed by atoms with E-state index in [-0.39, 0.29) is 11.2 Å². The third-order valence-corrected chi connectivity index (χ3v) is 3.94. The van der Waals surface area contributed by atoms with E-state index in [9.17, 15) is 4.79 Å². The lowest BCUT2D eigenvalue weighted by molar-refractivity contribution is -0.116. The second kappa shape index (κ2) is 6.13. The van der Waals surface area contributed by atoms with Crippen LogP contribution in [0.2, 0.25) is 0 Å². The summed E-state index contributed by atoms with van der Waals surface area (Å²) < 4.78 is 5.21. The highest BCUT2D eigenvalue weighted by molar-refractivity contribution is 5.78. The largest absolute Gasteiger partial charge is 0.497 e. The van der Waals surface area contributed by atoms with Gasteiger partial charge in [0.25, 0.3) is 0 Å². The van der Waals surface area contributed by atoms with Gasteiger partial charge in [-0.15, -0.1) is 0 Å². The highest BCUT2D eigenvalue weighted by Crippen LogP contribution is 2.32. The Bertz CT molecular complexity index is 607. The molecule has 2 aromatic rings. The minimum atomic E-state index is -0.0823. The summed E-state index contributed by atoms with van der Waals surface area (Å²) in [6.07, 6.45) is 0.503. The molecule has 2 aromatic carbocycles. The van der Waals surface area contributed by atoms with Crippen molar-refractivity contribution in [3.05, 3.63) is 65.2 Å². The first kappa shape index (κ1) is 15.3. The van der Waals surface area contributed by atoms with Gasteiger partial charge in [0.1, 0.15) is 11.5 Å². The van der Waals surface area contributed by atoms with E-state index in [4.69, 9.17) is 4.74 Å². The predicted molar refractivity (Wildman–Crippen MR) is 85.9 cm³/mol. The van der Waals surface area contributed by atoms with Gasteiger partial charge in [0.2, 0.25) is 0 Å². The number of hydrogen-bond acceptors (Lipinski definition) is 2. The van der Waals surface area contributed by atoms with Crippen molar-refractivity contribution in [2.45, 2.75) is 32.6 Å². The zero-order valence-corrected chi connectivity index (χ0v) is 13.1. The van der Waals surface area contributed by atoms with Gasteiger partial charge in [-0.1, -0.05) is 50.2 Å². The maximum Gasteiger partial charge on any atom is 0.134 e. The summed E-state index contributed by atoms with van der Waals surface area (Å²) in [5.41, 5.74) is 3.46. The van der Waals surface area contributed by atoms with E-state index in [1.165, 1.54) is 11.1 Å². The lowest BCUT2D eigenvalue weighted by atomic mass is 9.78. The number of methoxy groups -OCH3 is 1. The van der Waals surface area contributed by atoms with E-state index < -0.39 is 0 Å². The zero-order chi connectivity index (χ0) is 15.5. The highest BCUT2D eigenvalue weighted by Gasteiger charge is 2.22. The Kier molecular flexibility index (Phi) is 4.46. The molecule has 0 bridgehead atoms. The topological polar surface area (TPSA) is 26.3 Å². The van der Waals surface area contributed by atoms with Gasteiger partial charge in [0, 0.05) is 11.8 Å². The SMILES string of the molecule is COc1ccc(C(C)(C)c2ccc(CC(C)=O)cc2)cc1. The van der Waals surface area contributed by atoms with Crippen LogP contribution in [0.5, 0.6) is 5.75 Å². The molecule has 0 atom stereocenters. The number of ether oxygens (including phenoxy) is 1. The van der Waals surface area contributed by atoms with E-state index in [0.29, 0.717) is 6.42 Å². The van der Waals surface area contributed by atoms with Crippen LogP contribution in [0.1, 0.15) is 37.5 Å². The van der Waals surface area contributed by atoms with Crippen LogP contribution in [-0.4, -0.2) is 12.9 Å². The summed E-state index contributed by atoms with van der Waals surface area (Å²) in [4.78, 5) is 11.2. The van der Waals surface area contributed by atoms with Crippen molar-refractivity contribution in [3.8, 4) is 5.75 Å². The van der Waals surface area contributed by atoms with Crippen molar-refractivity contribution in [2.75, 3.05) is 7.11 Å². The van der Waals surface area contributed by atoms with Gasteiger partial charge in [-0.3, -0.25) is 4.79 Å². The molecular formula is C19H22O2. The van der Waals surface area contributed by atoms with Gasteiger partial charge in [-0.2, -0.15) is 0 Å². The smallest absolute Gasteiger partial charge is 0.134 e. The molecule has 110 valence electrons. The van der Waals surface area contributed by atoms with Crippen LogP contribution >= 0.6 is 0 Å². The summed E-state index contributed by atoms with van der Waals surface area (Å²) in [6, 6.07) is 16.5. The Hall–Kier alpha value is -2.09. The Morgan fingerprint density at radius 2 is 1.43 bits per heavy atom. The summed E-state index contributed by atoms with van der Waals surface area (Å²) in [6.45, 7) is 6.03. The van der Waals surface area contributed by atoms with Gasteiger partial charge in [0.05, 0.1) is 7.11 Å². The Morgan fingerprint density at radius 3 is 1.86 bits per heavy atom. The van der Waals surface area contributed by atoms with Crippen molar-refractivity contribution in [1.82, 2.24) is 0 Å². The first-order valence-electron chi connectivity index (χ1n) is 7.17. The minimum absolute atomic E-state index is 0.0823. The molecule has 0 aliphatic carbocycles. The molecule has 2 rings (SSSR count). The number of Topliss-reactive ketones (excluding diaryl/α,β-unsaturated/α-hetero) is 1. The average Bonchev–Trinajstić information content (AvgIpc) is 2.47. The standard InChI is InChI=1S/C19H22O2/c1-14(20)13-15-5-7-16(8-6-15)19(2,3)17-9-11-18(21-4)12-10-17/h5-12H,13H2,1-4H3. The molecule has 0 unspecified atom stereocenters. The average molecular weight is 282 g/mol. The predicted octanol–water partition coefficient (Wildman–Crippen LogP) is 4.15. The Morgan fingerprint density at radius 1 is 0.952 bits per heavy atom. The molecule has 2 nitrogen and oxygen atoms in total. The highest BCUT2D eigenvalue weighted by atomic mass is 16.5. The number of benzene rings is 2.